The summed E-state index contributed by atoms with van der Waals surface area (Å²) in [5.74, 6) is 0. The molecule has 5 heteroatoms. The second-order valence-electron chi connectivity index (χ2n) is 14.8. The van der Waals surface area contributed by atoms with Crippen LogP contribution in [0.25, 0.3) is 6.08 Å². The minimum absolute atomic E-state index is 0. The fourth-order valence-corrected chi connectivity index (χ4v) is 13.9. The van der Waals surface area contributed by atoms with Crippen molar-refractivity contribution in [3.05, 3.63) is 129 Å². The molecule has 0 saturated heterocycles. The summed E-state index contributed by atoms with van der Waals surface area (Å²) >= 11 is 2.46. The number of hydrogen-bond acceptors (Lipinski definition) is 0. The largest absolute Gasteiger partial charge is 1.00 e. The predicted molar refractivity (Wildman–Crippen MR) is 187 cm³/mol. The maximum Gasteiger partial charge on any atom is -1.00 e. The summed E-state index contributed by atoms with van der Waals surface area (Å²) in [5, 5.41) is 6.18. The third-order valence-electron chi connectivity index (χ3n) is 9.42. The molecule has 0 aromatic heterocycles. The Kier molecular flexibility index (Phi) is 13.5. The Bertz CT molecular complexity index is 1640. The average Bonchev–Trinajstić information content (AvgIpc) is 3.28. The Balaban J connectivity index is 0.00000245. The van der Waals surface area contributed by atoms with E-state index in [2.05, 4.69) is 175 Å². The molecule has 2 unspecified atom stereocenters. The third kappa shape index (κ3) is 7.67. The molecule has 4 aromatic carbocycles. The third-order valence-corrected chi connectivity index (χ3v) is 15.6. The van der Waals surface area contributed by atoms with Gasteiger partial charge < -0.3 is 37.2 Å². The van der Waals surface area contributed by atoms with E-state index in [4.69, 9.17) is 0 Å². The van der Waals surface area contributed by atoms with Gasteiger partial charge in [0.05, 0.1) is 0 Å². The van der Waals surface area contributed by atoms with E-state index >= 15 is 0 Å². The van der Waals surface area contributed by atoms with Gasteiger partial charge in [0.1, 0.15) is 0 Å². The van der Waals surface area contributed by atoms with Crippen LogP contribution < -0.4 is 52.8 Å². The van der Waals surface area contributed by atoms with Crippen molar-refractivity contribution in [3.8, 4) is 0 Å². The molecule has 0 aliphatic heterocycles. The van der Waals surface area contributed by atoms with E-state index in [-0.39, 0.29) is 48.1 Å². The van der Waals surface area contributed by atoms with E-state index in [1.165, 1.54) is 60.1 Å². The van der Waals surface area contributed by atoms with Gasteiger partial charge in [-0.3, -0.25) is 0 Å². The number of rotatable bonds is 6. The minimum Gasteiger partial charge on any atom is -1.00 e. The molecule has 5 rings (SSSR count). The molecule has 0 saturated carbocycles. The van der Waals surface area contributed by atoms with Crippen molar-refractivity contribution in [3.63, 3.8) is 0 Å². The summed E-state index contributed by atoms with van der Waals surface area (Å²) in [4.78, 5) is 0. The Morgan fingerprint density at radius 2 is 1.07 bits per heavy atom. The van der Waals surface area contributed by atoms with Gasteiger partial charge in [-0.05, 0) is 0 Å². The fraction of sp³-hybridized carbons (Fsp3) is 0.366. The number of halogens is 3. The summed E-state index contributed by atoms with van der Waals surface area (Å²) in [6.07, 6.45) is 4.68. The molecular weight excluding hydrogens is 675 g/mol. The maximum absolute atomic E-state index is 2.77. The first-order valence-electron chi connectivity index (χ1n) is 16.1. The van der Waals surface area contributed by atoms with Crippen LogP contribution in [0, 0.1) is 13.8 Å². The van der Waals surface area contributed by atoms with Crippen LogP contribution in [-0.4, -0.2) is 8.07 Å². The molecule has 4 aromatic rings. The van der Waals surface area contributed by atoms with Gasteiger partial charge in [0.15, 0.2) is 0 Å². The molecule has 0 fully saturated rings. The van der Waals surface area contributed by atoms with E-state index in [1.807, 2.05) is 0 Å². The van der Waals surface area contributed by atoms with Gasteiger partial charge >= 0.3 is 276 Å². The van der Waals surface area contributed by atoms with Gasteiger partial charge in [0.2, 0.25) is 0 Å². The monoisotopic (exact) mass is 722 g/mol. The van der Waals surface area contributed by atoms with Gasteiger partial charge in [-0.15, -0.1) is 0 Å². The molecule has 46 heavy (non-hydrogen) atoms. The zero-order chi connectivity index (χ0) is 31.3. The minimum atomic E-state index is -2.77. The molecule has 0 spiro atoms. The van der Waals surface area contributed by atoms with Crippen molar-refractivity contribution in [2.75, 3.05) is 0 Å². The van der Waals surface area contributed by atoms with Crippen molar-refractivity contribution in [2.24, 2.45) is 0 Å². The second kappa shape index (κ2) is 15.3. The van der Waals surface area contributed by atoms with Gasteiger partial charge in [-0.1, -0.05) is 0 Å². The molecular formula is C41H49Cl3SiTi. The summed E-state index contributed by atoms with van der Waals surface area (Å²) in [5.41, 5.74) is 11.4. The maximum atomic E-state index is 2.61. The predicted octanol–water partition coefficient (Wildman–Crippen LogP) is -0.270. The molecule has 2 atom stereocenters. The van der Waals surface area contributed by atoms with Crippen LogP contribution in [-0.2, 0) is 44.1 Å². The van der Waals surface area contributed by atoms with E-state index < -0.39 is 8.07 Å². The first kappa shape index (κ1) is 40.6. The van der Waals surface area contributed by atoms with E-state index in [0.29, 0.717) is 4.22 Å². The van der Waals surface area contributed by atoms with Crippen LogP contribution in [0.3, 0.4) is 0 Å². The smallest absolute Gasteiger partial charge is 1.00 e. The Morgan fingerprint density at radius 3 is 1.52 bits per heavy atom. The second-order valence-corrected chi connectivity index (χ2v) is 19.5. The Morgan fingerprint density at radius 1 is 0.609 bits per heavy atom. The molecule has 0 amide bonds. The number of aryl methyl sites for hydroxylation is 4. The first-order valence-corrected chi connectivity index (χ1v) is 19.0. The zero-order valence-electron chi connectivity index (χ0n) is 29.2. The van der Waals surface area contributed by atoms with Crippen LogP contribution in [0.4, 0.5) is 0 Å². The number of hydrogen-bond donors (Lipinski definition) is 0. The van der Waals surface area contributed by atoms with Gasteiger partial charge in [-0.2, -0.15) is 0 Å². The molecule has 0 bridgehead atoms. The zero-order valence-corrected chi connectivity index (χ0v) is 34.0. The van der Waals surface area contributed by atoms with Crippen LogP contribution >= 0.6 is 0 Å². The van der Waals surface area contributed by atoms with Gasteiger partial charge in [0, 0.05) is 0 Å². The molecule has 1 aliphatic carbocycles. The normalized spacial score (nSPS) is 15.5. The molecule has 1 aliphatic rings. The van der Waals surface area contributed by atoms with Crippen LogP contribution in [0.1, 0.15) is 104 Å². The SMILES string of the molecule is CCc1cc(CC)cc([Si](C2=Cc3ccccc3[CH]2[Ti+3])(c2cc(C)cc(C)c2)c2cc(C(C)(C)C)cc(C(C)(C)C)c2)c1.[Cl-].[Cl-].[Cl-]. The molecule has 0 radical (unpaired) electrons. The number of benzene rings is 4. The topological polar surface area (TPSA) is 0 Å². The fourth-order valence-electron chi connectivity index (χ4n) is 6.94. The van der Waals surface area contributed by atoms with Crippen molar-refractivity contribution < 1.29 is 57.7 Å². The van der Waals surface area contributed by atoms with E-state index in [9.17, 15) is 0 Å². The summed E-state index contributed by atoms with van der Waals surface area (Å²) < 4.78 is 0.343. The quantitative estimate of drug-likeness (QED) is 0.190. The van der Waals surface area contributed by atoms with Crippen molar-refractivity contribution in [1.82, 2.24) is 0 Å². The average molecular weight is 724 g/mol. The van der Waals surface area contributed by atoms with Crippen LogP contribution in [0.15, 0.2) is 84.1 Å². The first-order chi connectivity index (χ1) is 20.2. The molecule has 0 heterocycles. The summed E-state index contributed by atoms with van der Waals surface area (Å²) in [6.45, 7) is 23.4. The summed E-state index contributed by atoms with van der Waals surface area (Å²) in [6, 6.07) is 31.8. The molecule has 242 valence electrons. The molecule has 0 nitrogen and oxygen atoms in total. The van der Waals surface area contributed by atoms with Crippen molar-refractivity contribution >= 4 is 29.7 Å². The van der Waals surface area contributed by atoms with Crippen LogP contribution in [0.2, 0.25) is 0 Å². The van der Waals surface area contributed by atoms with Crippen molar-refractivity contribution in [2.45, 2.75) is 97.1 Å². The summed E-state index contributed by atoms with van der Waals surface area (Å²) in [7, 11) is -2.77. The van der Waals surface area contributed by atoms with E-state index in [0.717, 1.165) is 12.8 Å². The van der Waals surface area contributed by atoms with Gasteiger partial charge in [-0.25, -0.2) is 0 Å². The van der Waals surface area contributed by atoms with Crippen molar-refractivity contribution in [1.29, 1.82) is 0 Å². The number of fused-ring (bicyclic) bond motifs is 1. The van der Waals surface area contributed by atoms with E-state index in [1.54, 1.807) is 5.20 Å². The number of allylic oxidation sites excluding steroid dienone is 1. The van der Waals surface area contributed by atoms with Crippen LogP contribution in [0.5, 0.6) is 0 Å². The van der Waals surface area contributed by atoms with Gasteiger partial charge in [0.25, 0.3) is 0 Å². The Hall–Kier alpha value is -1.58. The molecule has 0 N–H and O–H groups in total. The Labute approximate surface area is 310 Å². The standard InChI is InChI=1S/C41H49Si.3ClH.Ti/c1-11-30-20-31(12-2)22-37(21-30)42(36-18-28(3)17-29(4)19-36,38-23-32-15-13-14-16-33(32)24-38)39-26-34(40(5,6)7)25-35(27-39)41(8,9)10;;;;/h13-27H,11-12H2,1-10H3;3*1H;/q;;;;+3/p-3.